The number of hydrogen-bond donors (Lipinski definition) is 2. The molecule has 0 bridgehead atoms. The molecule has 0 unspecified atom stereocenters. The smallest absolute Gasteiger partial charge is 0.341 e. The summed E-state index contributed by atoms with van der Waals surface area (Å²) >= 11 is 1.48. The zero-order chi connectivity index (χ0) is 25.3. The maximum Gasteiger partial charge on any atom is 0.341 e. The quantitative estimate of drug-likeness (QED) is 0.304. The second-order valence-corrected chi connectivity index (χ2v) is 11.4. The van der Waals surface area contributed by atoms with Crippen molar-refractivity contribution in [3.63, 3.8) is 0 Å². The lowest BCUT2D eigenvalue weighted by atomic mass is 9.95. The van der Waals surface area contributed by atoms with Crippen molar-refractivity contribution in [1.29, 1.82) is 0 Å². The number of anilines is 3. The summed E-state index contributed by atoms with van der Waals surface area (Å²) in [7, 11) is -3.93. The van der Waals surface area contributed by atoms with Crippen LogP contribution >= 0.6 is 11.3 Å². The van der Waals surface area contributed by atoms with Crippen LogP contribution in [-0.2, 0) is 27.6 Å². The zero-order valence-corrected chi connectivity index (χ0v) is 21.6. The number of nitrogens with one attached hydrogen (secondary N) is 2. The van der Waals surface area contributed by atoms with Gasteiger partial charge in [-0.1, -0.05) is 29.8 Å². The second-order valence-electron chi connectivity index (χ2n) is 8.59. The van der Waals surface area contributed by atoms with Gasteiger partial charge in [0.1, 0.15) is 5.00 Å². The van der Waals surface area contributed by atoms with Gasteiger partial charge in [0.15, 0.2) is 11.6 Å². The first kappa shape index (κ1) is 24.2. The van der Waals surface area contributed by atoms with Gasteiger partial charge in [0, 0.05) is 4.88 Å². The van der Waals surface area contributed by atoms with Crippen molar-refractivity contribution < 1.29 is 17.9 Å². The van der Waals surface area contributed by atoms with Crippen LogP contribution in [0.3, 0.4) is 0 Å². The van der Waals surface area contributed by atoms with Crippen LogP contribution in [0.4, 0.5) is 16.6 Å². The Morgan fingerprint density at radius 1 is 1.00 bits per heavy atom. The summed E-state index contributed by atoms with van der Waals surface area (Å²) in [6.45, 7) is 3.93. The van der Waals surface area contributed by atoms with Crippen molar-refractivity contribution in [1.82, 2.24) is 9.97 Å². The van der Waals surface area contributed by atoms with Crippen molar-refractivity contribution in [3.05, 3.63) is 70.1 Å². The van der Waals surface area contributed by atoms with E-state index in [1.165, 1.54) is 11.3 Å². The van der Waals surface area contributed by atoms with Gasteiger partial charge in [-0.2, -0.15) is 0 Å². The van der Waals surface area contributed by atoms with Gasteiger partial charge < -0.3 is 10.1 Å². The molecule has 0 fully saturated rings. The van der Waals surface area contributed by atoms with Gasteiger partial charge in [-0.05, 0) is 69.4 Å². The molecule has 1 aliphatic carbocycles. The zero-order valence-electron chi connectivity index (χ0n) is 20.0. The van der Waals surface area contributed by atoms with Crippen LogP contribution in [-0.4, -0.2) is 31.0 Å². The van der Waals surface area contributed by atoms with E-state index in [1.54, 1.807) is 43.3 Å². The standard InChI is InChI=1S/C26H26N4O4S2/c1-3-34-26(31)22-18-8-4-7-11-21(18)35-25(22)29-23-24(28-20-10-6-5-9-19(20)27-23)30-36(32,33)17-14-12-16(2)13-15-17/h5-6,9-10,12-15H,3-4,7-8,11H2,1-2H3,(H,27,29)(H,28,30). The number of rotatable bonds is 7. The van der Waals surface area contributed by atoms with E-state index >= 15 is 0 Å². The molecule has 186 valence electrons. The van der Waals surface area contributed by atoms with E-state index in [0.717, 1.165) is 41.7 Å². The van der Waals surface area contributed by atoms with Crippen LogP contribution in [0.5, 0.6) is 0 Å². The molecular weight excluding hydrogens is 496 g/mol. The molecule has 2 heterocycles. The van der Waals surface area contributed by atoms with Crippen molar-refractivity contribution in [2.75, 3.05) is 16.6 Å². The molecule has 0 saturated carbocycles. The Labute approximate surface area is 213 Å². The number of fused-ring (bicyclic) bond motifs is 2. The molecule has 4 aromatic rings. The number of para-hydroxylation sites is 2. The Kier molecular flexibility index (Phi) is 6.63. The predicted octanol–water partition coefficient (Wildman–Crippen LogP) is 5.60. The van der Waals surface area contributed by atoms with Crippen LogP contribution in [0.1, 0.15) is 46.1 Å². The van der Waals surface area contributed by atoms with Crippen molar-refractivity contribution in [2.45, 2.75) is 44.4 Å². The highest BCUT2D eigenvalue weighted by Crippen LogP contribution is 2.41. The number of benzene rings is 2. The molecule has 0 saturated heterocycles. The summed E-state index contributed by atoms with van der Waals surface area (Å²) in [5.74, 6) is -0.126. The fraction of sp³-hybridized carbons (Fsp3) is 0.269. The minimum absolute atomic E-state index is 0.0513. The molecule has 1 aliphatic rings. The minimum Gasteiger partial charge on any atom is -0.462 e. The maximum absolute atomic E-state index is 13.2. The van der Waals surface area contributed by atoms with Crippen molar-refractivity contribution in [2.24, 2.45) is 0 Å². The molecule has 0 radical (unpaired) electrons. The number of hydrogen-bond acceptors (Lipinski definition) is 8. The second kappa shape index (κ2) is 9.87. The number of aryl methyl sites for hydroxylation is 2. The molecule has 8 nitrogen and oxygen atoms in total. The van der Waals surface area contributed by atoms with E-state index in [2.05, 4.69) is 20.0 Å². The molecule has 5 rings (SSSR count). The highest BCUT2D eigenvalue weighted by Gasteiger charge is 2.28. The summed E-state index contributed by atoms with van der Waals surface area (Å²) in [6.07, 6.45) is 3.77. The molecule has 0 atom stereocenters. The van der Waals surface area contributed by atoms with E-state index in [0.29, 0.717) is 21.6 Å². The SMILES string of the molecule is CCOC(=O)c1c(Nc2nc3ccccc3nc2NS(=O)(=O)c2ccc(C)cc2)sc2c1CCCC2. The third-order valence-electron chi connectivity index (χ3n) is 6.02. The van der Waals surface area contributed by atoms with E-state index in [-0.39, 0.29) is 23.1 Å². The first-order chi connectivity index (χ1) is 17.4. The third-order valence-corrected chi connectivity index (χ3v) is 8.58. The largest absolute Gasteiger partial charge is 0.462 e. The van der Waals surface area contributed by atoms with Gasteiger partial charge in [-0.25, -0.2) is 23.2 Å². The summed E-state index contributed by atoms with van der Waals surface area (Å²) < 4.78 is 34.3. The Morgan fingerprint density at radius 3 is 2.36 bits per heavy atom. The fourth-order valence-corrected chi connectivity index (χ4v) is 6.53. The van der Waals surface area contributed by atoms with Crippen LogP contribution in [0.15, 0.2) is 53.4 Å². The van der Waals surface area contributed by atoms with Crippen LogP contribution < -0.4 is 10.0 Å². The topological polar surface area (TPSA) is 110 Å². The molecule has 0 spiro atoms. The molecule has 10 heteroatoms. The minimum atomic E-state index is -3.93. The maximum atomic E-state index is 13.2. The number of carbonyl (C=O) groups excluding carboxylic acids is 1. The summed E-state index contributed by atoms with van der Waals surface area (Å²) in [4.78, 5) is 23.4. The van der Waals surface area contributed by atoms with E-state index in [9.17, 15) is 13.2 Å². The number of thiophene rings is 1. The normalized spacial score (nSPS) is 13.3. The van der Waals surface area contributed by atoms with Gasteiger partial charge in [0.2, 0.25) is 0 Å². The highest BCUT2D eigenvalue weighted by atomic mass is 32.2. The third kappa shape index (κ3) is 4.78. The van der Waals surface area contributed by atoms with Crippen LogP contribution in [0.25, 0.3) is 11.0 Å². The lowest BCUT2D eigenvalue weighted by Crippen LogP contribution is -2.16. The number of nitrogens with zero attached hydrogens (tertiary/aromatic N) is 2. The van der Waals surface area contributed by atoms with E-state index < -0.39 is 16.0 Å². The molecule has 0 amide bonds. The first-order valence-electron chi connectivity index (χ1n) is 11.8. The fourth-order valence-electron chi connectivity index (χ4n) is 4.24. The van der Waals surface area contributed by atoms with Crippen LogP contribution in [0, 0.1) is 6.92 Å². The molecule has 0 aliphatic heterocycles. The lowest BCUT2D eigenvalue weighted by molar-refractivity contribution is 0.0526. The Bertz CT molecular complexity index is 1550. The van der Waals surface area contributed by atoms with Gasteiger partial charge in [0.05, 0.1) is 28.1 Å². The monoisotopic (exact) mass is 522 g/mol. The molecule has 2 aromatic carbocycles. The number of sulfonamides is 1. The Hall–Kier alpha value is -3.50. The van der Waals surface area contributed by atoms with Gasteiger partial charge in [-0.3, -0.25) is 4.72 Å². The van der Waals surface area contributed by atoms with Crippen LogP contribution in [0.2, 0.25) is 0 Å². The number of esters is 1. The summed E-state index contributed by atoms with van der Waals surface area (Å²) in [5, 5.41) is 3.81. The molecule has 36 heavy (non-hydrogen) atoms. The first-order valence-corrected chi connectivity index (χ1v) is 14.1. The molecule has 2 aromatic heterocycles. The van der Waals surface area contributed by atoms with Gasteiger partial charge in [0.25, 0.3) is 10.0 Å². The predicted molar refractivity (Wildman–Crippen MR) is 142 cm³/mol. The summed E-state index contributed by atoms with van der Waals surface area (Å²) in [5.41, 5.74) is 3.59. The number of ether oxygens (including phenoxy) is 1. The number of carbonyl (C=O) groups is 1. The van der Waals surface area contributed by atoms with E-state index in [1.807, 2.05) is 19.1 Å². The Morgan fingerprint density at radius 2 is 1.67 bits per heavy atom. The average molecular weight is 523 g/mol. The van der Waals surface area contributed by atoms with Gasteiger partial charge >= 0.3 is 5.97 Å². The van der Waals surface area contributed by atoms with Gasteiger partial charge in [-0.15, -0.1) is 11.3 Å². The molecule has 2 N–H and O–H groups in total. The summed E-state index contributed by atoms with van der Waals surface area (Å²) in [6, 6.07) is 13.8. The van der Waals surface area contributed by atoms with Crippen molar-refractivity contribution in [3.8, 4) is 0 Å². The number of aromatic nitrogens is 2. The molecular formula is C26H26N4O4S2. The average Bonchev–Trinajstić information content (AvgIpc) is 3.22. The lowest BCUT2D eigenvalue weighted by Gasteiger charge is -2.15. The Balaban J connectivity index is 1.60. The van der Waals surface area contributed by atoms with Crippen molar-refractivity contribution >= 4 is 55.0 Å². The van der Waals surface area contributed by atoms with E-state index in [4.69, 9.17) is 4.74 Å². The highest BCUT2D eigenvalue weighted by molar-refractivity contribution is 7.92.